The van der Waals surface area contributed by atoms with Gasteiger partial charge in [0.05, 0.1) is 43.0 Å². The molecule has 6 heteroatoms. The van der Waals surface area contributed by atoms with Crippen LogP contribution >= 0.6 is 0 Å². The Morgan fingerprint density at radius 3 is 2.58 bits per heavy atom. The van der Waals surface area contributed by atoms with Crippen LogP contribution in [0.15, 0.2) is 48.7 Å². The third-order valence-corrected chi connectivity index (χ3v) is 3.74. The molecule has 1 heterocycles. The highest BCUT2D eigenvalue weighted by molar-refractivity contribution is 6.35. The molecule has 24 heavy (non-hydrogen) atoms. The number of nitrogens with zero attached hydrogens (tertiary/aromatic N) is 1. The molecule has 1 aliphatic rings. The van der Waals surface area contributed by atoms with Gasteiger partial charge in [0.25, 0.3) is 5.91 Å². The molecule has 0 radical (unpaired) electrons. The first-order valence-electron chi connectivity index (χ1n) is 7.16. The van der Waals surface area contributed by atoms with Crippen LogP contribution < -0.4 is 4.90 Å². The molecule has 0 unspecified atom stereocenters. The molecule has 1 N–H and O–H groups in total. The number of aromatic hydroxyl groups is 1. The number of fused-ring (bicyclic) bond motifs is 1. The molecule has 1 amide bonds. The second kappa shape index (κ2) is 6.08. The Kier molecular flexibility index (Phi) is 3.95. The van der Waals surface area contributed by atoms with Gasteiger partial charge in [-0.25, -0.2) is 4.79 Å². The SMILES string of the molecule is CO/C=C1/C(=O)N(c2cc(C(=O)OC)ccc2O)c2ccccc21. The van der Waals surface area contributed by atoms with E-state index in [1.165, 1.54) is 43.6 Å². The number of carbonyl (C=O) groups is 2. The van der Waals surface area contributed by atoms with Crippen molar-refractivity contribution in [1.82, 2.24) is 0 Å². The third-order valence-electron chi connectivity index (χ3n) is 3.74. The second-order valence-electron chi connectivity index (χ2n) is 5.12. The summed E-state index contributed by atoms with van der Waals surface area (Å²) in [5, 5.41) is 10.2. The van der Waals surface area contributed by atoms with Crippen LogP contribution in [0.2, 0.25) is 0 Å². The Morgan fingerprint density at radius 1 is 1.12 bits per heavy atom. The number of anilines is 2. The minimum absolute atomic E-state index is 0.121. The normalized spacial score (nSPS) is 14.7. The maximum Gasteiger partial charge on any atom is 0.337 e. The zero-order valence-corrected chi connectivity index (χ0v) is 13.1. The van der Waals surface area contributed by atoms with Gasteiger partial charge in [0.1, 0.15) is 5.75 Å². The molecule has 0 saturated heterocycles. The summed E-state index contributed by atoms with van der Waals surface area (Å²) in [5.41, 5.74) is 2.10. The van der Waals surface area contributed by atoms with E-state index in [0.29, 0.717) is 16.8 Å². The number of phenols is 1. The van der Waals surface area contributed by atoms with E-state index in [4.69, 9.17) is 9.47 Å². The molecule has 3 rings (SSSR count). The van der Waals surface area contributed by atoms with Gasteiger partial charge in [-0.3, -0.25) is 9.69 Å². The van der Waals surface area contributed by atoms with E-state index in [-0.39, 0.29) is 22.9 Å². The van der Waals surface area contributed by atoms with Crippen molar-refractivity contribution in [3.05, 3.63) is 59.9 Å². The van der Waals surface area contributed by atoms with Crippen LogP contribution in [-0.4, -0.2) is 31.2 Å². The number of para-hydroxylation sites is 1. The summed E-state index contributed by atoms with van der Waals surface area (Å²) in [4.78, 5) is 25.9. The van der Waals surface area contributed by atoms with E-state index in [2.05, 4.69) is 0 Å². The minimum Gasteiger partial charge on any atom is -0.506 e. The van der Waals surface area contributed by atoms with Gasteiger partial charge in [-0.15, -0.1) is 0 Å². The fraction of sp³-hybridized carbons (Fsp3) is 0.111. The fourth-order valence-electron chi connectivity index (χ4n) is 2.66. The average molecular weight is 325 g/mol. The lowest BCUT2D eigenvalue weighted by Gasteiger charge is -2.19. The smallest absolute Gasteiger partial charge is 0.337 e. The summed E-state index contributed by atoms with van der Waals surface area (Å²) in [5.74, 6) is -1.02. The topological polar surface area (TPSA) is 76.1 Å². The molecule has 0 atom stereocenters. The standard InChI is InChI=1S/C18H15NO5/c1-23-10-13-12-5-3-4-6-14(12)19(17(13)21)15-9-11(18(22)24-2)7-8-16(15)20/h3-10,20H,1-2H3/b13-10+. The molecule has 6 nitrogen and oxygen atoms in total. The van der Waals surface area contributed by atoms with Gasteiger partial charge in [0, 0.05) is 5.56 Å². The van der Waals surface area contributed by atoms with Crippen LogP contribution in [0, 0.1) is 0 Å². The van der Waals surface area contributed by atoms with E-state index in [1.54, 1.807) is 18.2 Å². The number of benzene rings is 2. The highest BCUT2D eigenvalue weighted by Gasteiger charge is 2.35. The van der Waals surface area contributed by atoms with Crippen molar-refractivity contribution in [3.63, 3.8) is 0 Å². The van der Waals surface area contributed by atoms with Gasteiger partial charge < -0.3 is 14.6 Å². The van der Waals surface area contributed by atoms with Crippen molar-refractivity contribution in [1.29, 1.82) is 0 Å². The molecule has 0 aliphatic carbocycles. The van der Waals surface area contributed by atoms with Crippen molar-refractivity contribution in [2.75, 3.05) is 19.1 Å². The highest BCUT2D eigenvalue weighted by atomic mass is 16.5. The number of hydrogen-bond acceptors (Lipinski definition) is 5. The molecular weight excluding hydrogens is 310 g/mol. The van der Waals surface area contributed by atoms with Gasteiger partial charge in [-0.1, -0.05) is 18.2 Å². The molecule has 122 valence electrons. The zero-order chi connectivity index (χ0) is 17.3. The summed E-state index contributed by atoms with van der Waals surface area (Å²) in [6.45, 7) is 0. The first kappa shape index (κ1) is 15.6. The number of esters is 1. The lowest BCUT2D eigenvalue weighted by atomic mass is 10.1. The summed E-state index contributed by atoms with van der Waals surface area (Å²) in [7, 11) is 2.73. The molecule has 0 spiro atoms. The highest BCUT2D eigenvalue weighted by Crippen LogP contribution is 2.44. The molecule has 2 aromatic rings. The van der Waals surface area contributed by atoms with Crippen molar-refractivity contribution in [2.45, 2.75) is 0 Å². The Hall–Kier alpha value is -3.28. The van der Waals surface area contributed by atoms with E-state index in [1.807, 2.05) is 6.07 Å². The number of rotatable bonds is 3. The van der Waals surface area contributed by atoms with Crippen molar-refractivity contribution in [2.24, 2.45) is 0 Å². The van der Waals surface area contributed by atoms with Crippen LogP contribution in [0.4, 0.5) is 11.4 Å². The van der Waals surface area contributed by atoms with E-state index < -0.39 is 5.97 Å². The largest absolute Gasteiger partial charge is 0.506 e. The Bertz CT molecular complexity index is 856. The summed E-state index contributed by atoms with van der Waals surface area (Å²) in [6.07, 6.45) is 1.36. The lowest BCUT2D eigenvalue weighted by molar-refractivity contribution is -0.112. The molecule has 1 aliphatic heterocycles. The number of phenolic OH excluding ortho intramolecular Hbond substituents is 1. The molecule has 2 aromatic carbocycles. The van der Waals surface area contributed by atoms with E-state index in [9.17, 15) is 14.7 Å². The fourth-order valence-corrected chi connectivity index (χ4v) is 2.66. The molecular formula is C18H15NO5. The van der Waals surface area contributed by atoms with E-state index >= 15 is 0 Å². The summed E-state index contributed by atoms with van der Waals surface area (Å²) in [6, 6.07) is 11.4. The molecule has 0 saturated carbocycles. The number of carbonyl (C=O) groups excluding carboxylic acids is 2. The maximum absolute atomic E-state index is 12.8. The van der Waals surface area contributed by atoms with Crippen LogP contribution in [0.1, 0.15) is 15.9 Å². The van der Waals surface area contributed by atoms with E-state index in [0.717, 1.165) is 0 Å². The predicted octanol–water partition coefficient (Wildman–Crippen LogP) is 2.84. The van der Waals surface area contributed by atoms with Crippen LogP contribution in [0.25, 0.3) is 5.57 Å². The number of amides is 1. The van der Waals surface area contributed by atoms with Crippen molar-refractivity contribution >= 4 is 28.8 Å². The Morgan fingerprint density at radius 2 is 1.88 bits per heavy atom. The first-order valence-corrected chi connectivity index (χ1v) is 7.16. The number of ether oxygens (including phenoxy) is 2. The minimum atomic E-state index is -0.552. The zero-order valence-electron chi connectivity index (χ0n) is 13.1. The predicted molar refractivity (Wildman–Crippen MR) is 88.0 cm³/mol. The van der Waals surface area contributed by atoms with Crippen LogP contribution in [0.3, 0.4) is 0 Å². The van der Waals surface area contributed by atoms with Gasteiger partial charge in [-0.2, -0.15) is 0 Å². The monoisotopic (exact) mass is 325 g/mol. The van der Waals surface area contributed by atoms with Crippen LogP contribution in [0.5, 0.6) is 5.75 Å². The molecule has 0 fully saturated rings. The van der Waals surface area contributed by atoms with Crippen molar-refractivity contribution < 1.29 is 24.2 Å². The number of hydrogen-bond donors (Lipinski definition) is 1. The maximum atomic E-state index is 12.8. The molecule has 0 bridgehead atoms. The van der Waals surface area contributed by atoms with Crippen LogP contribution in [-0.2, 0) is 14.3 Å². The van der Waals surface area contributed by atoms with Gasteiger partial charge in [-0.05, 0) is 24.3 Å². The number of methoxy groups -OCH3 is 2. The summed E-state index contributed by atoms with van der Waals surface area (Å²) >= 11 is 0. The lowest BCUT2D eigenvalue weighted by Crippen LogP contribution is -2.21. The Balaban J connectivity index is 2.18. The van der Waals surface area contributed by atoms with Crippen molar-refractivity contribution in [3.8, 4) is 5.75 Å². The van der Waals surface area contributed by atoms with Gasteiger partial charge in [0.2, 0.25) is 0 Å². The third kappa shape index (κ3) is 2.38. The quantitative estimate of drug-likeness (QED) is 0.533. The molecule has 0 aromatic heterocycles. The van der Waals surface area contributed by atoms with Gasteiger partial charge in [0.15, 0.2) is 0 Å². The average Bonchev–Trinajstić information content (AvgIpc) is 2.87. The second-order valence-corrected chi connectivity index (χ2v) is 5.12. The van der Waals surface area contributed by atoms with Gasteiger partial charge >= 0.3 is 5.97 Å². The Labute approximate surface area is 138 Å². The first-order chi connectivity index (χ1) is 11.6. The summed E-state index contributed by atoms with van der Waals surface area (Å²) < 4.78 is 9.70.